The Morgan fingerprint density at radius 1 is 1.18 bits per heavy atom. The van der Waals surface area contributed by atoms with Crippen LogP contribution in [-0.2, 0) is 6.42 Å². The molecule has 5 heteroatoms. The van der Waals surface area contributed by atoms with Crippen molar-refractivity contribution in [1.82, 2.24) is 15.1 Å². The maximum atomic E-state index is 5.39. The van der Waals surface area contributed by atoms with Gasteiger partial charge in [-0.25, -0.2) is 0 Å². The molecule has 0 fully saturated rings. The van der Waals surface area contributed by atoms with E-state index in [2.05, 4.69) is 21.2 Å². The quantitative estimate of drug-likeness (QED) is 0.738. The van der Waals surface area contributed by atoms with Crippen molar-refractivity contribution >= 4 is 0 Å². The van der Waals surface area contributed by atoms with Crippen LogP contribution in [-0.4, -0.2) is 22.2 Å². The van der Waals surface area contributed by atoms with Gasteiger partial charge in [0, 0.05) is 29.9 Å². The van der Waals surface area contributed by atoms with Crippen LogP contribution in [0.25, 0.3) is 11.5 Å². The Morgan fingerprint density at radius 3 is 2.82 bits per heavy atom. The molecule has 0 spiro atoms. The topological polar surface area (TPSA) is 61.0 Å². The standard InChI is InChI=1S/C17H17N3O2/c1-11-4-5-15(21-3)13(8-11)9-16-19-17(22-20-16)14-6-7-18-10-12(14)2/h4-8,10H,9H2,1-3H3. The Bertz CT molecular complexity index is 796. The zero-order chi connectivity index (χ0) is 15.5. The van der Waals surface area contributed by atoms with Gasteiger partial charge in [-0.3, -0.25) is 4.98 Å². The van der Waals surface area contributed by atoms with Crippen molar-refractivity contribution in [1.29, 1.82) is 0 Å². The van der Waals surface area contributed by atoms with E-state index in [1.54, 1.807) is 19.5 Å². The summed E-state index contributed by atoms with van der Waals surface area (Å²) >= 11 is 0. The molecule has 0 amide bonds. The highest BCUT2D eigenvalue weighted by atomic mass is 16.5. The molecule has 0 saturated carbocycles. The second kappa shape index (κ2) is 5.97. The Morgan fingerprint density at radius 2 is 2.05 bits per heavy atom. The highest BCUT2D eigenvalue weighted by Gasteiger charge is 2.13. The third-order valence-corrected chi connectivity index (χ3v) is 3.50. The molecule has 112 valence electrons. The molecular weight excluding hydrogens is 278 g/mol. The molecule has 0 bridgehead atoms. The second-order valence-electron chi connectivity index (χ2n) is 5.20. The van der Waals surface area contributed by atoms with Gasteiger partial charge >= 0.3 is 0 Å². The van der Waals surface area contributed by atoms with E-state index in [0.29, 0.717) is 18.1 Å². The number of methoxy groups -OCH3 is 1. The maximum absolute atomic E-state index is 5.39. The number of hydrogen-bond donors (Lipinski definition) is 0. The minimum Gasteiger partial charge on any atom is -0.496 e. The lowest BCUT2D eigenvalue weighted by Crippen LogP contribution is -1.96. The first-order valence-electron chi connectivity index (χ1n) is 7.04. The van der Waals surface area contributed by atoms with Gasteiger partial charge in [0.05, 0.1) is 7.11 Å². The summed E-state index contributed by atoms with van der Waals surface area (Å²) in [4.78, 5) is 8.55. The van der Waals surface area contributed by atoms with E-state index in [1.807, 2.05) is 32.0 Å². The Balaban J connectivity index is 1.89. The molecule has 0 unspecified atom stereocenters. The van der Waals surface area contributed by atoms with Gasteiger partial charge < -0.3 is 9.26 Å². The molecule has 22 heavy (non-hydrogen) atoms. The Hall–Kier alpha value is -2.69. The molecular formula is C17H17N3O2. The molecule has 0 N–H and O–H groups in total. The van der Waals surface area contributed by atoms with Crippen LogP contribution in [0.3, 0.4) is 0 Å². The van der Waals surface area contributed by atoms with Crippen LogP contribution >= 0.6 is 0 Å². The van der Waals surface area contributed by atoms with Crippen LogP contribution in [0.15, 0.2) is 41.2 Å². The van der Waals surface area contributed by atoms with Gasteiger partial charge in [-0.15, -0.1) is 0 Å². The molecule has 5 nitrogen and oxygen atoms in total. The first-order chi connectivity index (χ1) is 10.7. The van der Waals surface area contributed by atoms with E-state index in [4.69, 9.17) is 9.26 Å². The summed E-state index contributed by atoms with van der Waals surface area (Å²) in [5, 5.41) is 4.07. The molecule has 0 aliphatic carbocycles. The lowest BCUT2D eigenvalue weighted by molar-refractivity contribution is 0.408. The molecule has 3 rings (SSSR count). The monoisotopic (exact) mass is 295 g/mol. The normalized spacial score (nSPS) is 10.7. The molecule has 2 heterocycles. The zero-order valence-electron chi connectivity index (χ0n) is 12.8. The fourth-order valence-electron chi connectivity index (χ4n) is 2.36. The number of hydrogen-bond acceptors (Lipinski definition) is 5. The predicted octanol–water partition coefficient (Wildman–Crippen LogP) is 3.35. The van der Waals surface area contributed by atoms with Gasteiger partial charge in [-0.2, -0.15) is 4.98 Å². The molecule has 0 aliphatic rings. The summed E-state index contributed by atoms with van der Waals surface area (Å²) < 4.78 is 10.8. The van der Waals surface area contributed by atoms with Crippen LogP contribution in [0.1, 0.15) is 22.5 Å². The van der Waals surface area contributed by atoms with E-state index < -0.39 is 0 Å². The number of benzene rings is 1. The first kappa shape index (κ1) is 14.3. The van der Waals surface area contributed by atoms with Crippen molar-refractivity contribution in [2.75, 3.05) is 7.11 Å². The van der Waals surface area contributed by atoms with Gasteiger partial charge in [0.25, 0.3) is 5.89 Å². The smallest absolute Gasteiger partial charge is 0.258 e. The average Bonchev–Trinajstić information content (AvgIpc) is 2.96. The lowest BCUT2D eigenvalue weighted by atomic mass is 10.1. The number of rotatable bonds is 4. The van der Waals surface area contributed by atoms with Crippen molar-refractivity contribution < 1.29 is 9.26 Å². The Kier molecular flexibility index (Phi) is 3.87. The van der Waals surface area contributed by atoms with E-state index in [1.165, 1.54) is 5.56 Å². The summed E-state index contributed by atoms with van der Waals surface area (Å²) in [6.45, 7) is 4.01. The molecule has 0 saturated heterocycles. The van der Waals surface area contributed by atoms with Crippen molar-refractivity contribution in [3.63, 3.8) is 0 Å². The van der Waals surface area contributed by atoms with Crippen molar-refractivity contribution in [3.05, 3.63) is 59.2 Å². The van der Waals surface area contributed by atoms with E-state index in [0.717, 1.165) is 22.4 Å². The summed E-state index contributed by atoms with van der Waals surface area (Å²) in [5.41, 5.74) is 4.13. The minimum atomic E-state index is 0.515. The number of aromatic nitrogens is 3. The third-order valence-electron chi connectivity index (χ3n) is 3.50. The maximum Gasteiger partial charge on any atom is 0.258 e. The summed E-state index contributed by atoms with van der Waals surface area (Å²) in [6.07, 6.45) is 4.07. The Labute approximate surface area is 129 Å². The van der Waals surface area contributed by atoms with Crippen LogP contribution in [0.5, 0.6) is 5.75 Å². The van der Waals surface area contributed by atoms with Crippen molar-refractivity contribution in [2.45, 2.75) is 20.3 Å². The lowest BCUT2D eigenvalue weighted by Gasteiger charge is -2.07. The molecule has 1 aromatic carbocycles. The van der Waals surface area contributed by atoms with Crippen molar-refractivity contribution in [2.24, 2.45) is 0 Å². The summed E-state index contributed by atoms with van der Waals surface area (Å²) in [6, 6.07) is 7.93. The van der Waals surface area contributed by atoms with Gasteiger partial charge in [-0.1, -0.05) is 22.9 Å². The van der Waals surface area contributed by atoms with Gasteiger partial charge in [0.1, 0.15) is 5.75 Å². The van der Waals surface area contributed by atoms with E-state index >= 15 is 0 Å². The van der Waals surface area contributed by atoms with Gasteiger partial charge in [0.15, 0.2) is 5.82 Å². The molecule has 0 atom stereocenters. The van der Waals surface area contributed by atoms with Crippen molar-refractivity contribution in [3.8, 4) is 17.2 Å². The van der Waals surface area contributed by atoms with Crippen LogP contribution in [0.4, 0.5) is 0 Å². The van der Waals surface area contributed by atoms with E-state index in [-0.39, 0.29) is 0 Å². The molecule has 3 aromatic rings. The molecule has 2 aromatic heterocycles. The van der Waals surface area contributed by atoms with Crippen LogP contribution in [0, 0.1) is 13.8 Å². The fourth-order valence-corrected chi connectivity index (χ4v) is 2.36. The SMILES string of the molecule is COc1ccc(C)cc1Cc1noc(-c2ccncc2C)n1. The minimum absolute atomic E-state index is 0.515. The average molecular weight is 295 g/mol. The number of nitrogens with zero attached hydrogens (tertiary/aromatic N) is 3. The number of pyridine rings is 1. The largest absolute Gasteiger partial charge is 0.496 e. The van der Waals surface area contributed by atoms with Gasteiger partial charge in [0.2, 0.25) is 0 Å². The summed E-state index contributed by atoms with van der Waals surface area (Å²) in [5.74, 6) is 1.98. The second-order valence-corrected chi connectivity index (χ2v) is 5.20. The van der Waals surface area contributed by atoms with Crippen LogP contribution in [0.2, 0.25) is 0 Å². The zero-order valence-corrected chi connectivity index (χ0v) is 12.8. The molecule has 0 aliphatic heterocycles. The third kappa shape index (κ3) is 2.83. The van der Waals surface area contributed by atoms with Crippen LogP contribution < -0.4 is 4.74 Å². The summed E-state index contributed by atoms with van der Waals surface area (Å²) in [7, 11) is 1.66. The van der Waals surface area contributed by atoms with Gasteiger partial charge in [-0.05, 0) is 31.5 Å². The number of aryl methyl sites for hydroxylation is 2. The highest BCUT2D eigenvalue weighted by Crippen LogP contribution is 2.24. The first-order valence-corrected chi connectivity index (χ1v) is 7.04. The number of ether oxygens (including phenoxy) is 1. The molecule has 0 radical (unpaired) electrons. The highest BCUT2D eigenvalue weighted by molar-refractivity contribution is 5.56. The fraction of sp³-hybridized carbons (Fsp3) is 0.235. The van der Waals surface area contributed by atoms with E-state index in [9.17, 15) is 0 Å². The predicted molar refractivity (Wildman–Crippen MR) is 82.8 cm³/mol.